The summed E-state index contributed by atoms with van der Waals surface area (Å²) in [6.45, 7) is 2.19. The molecule has 1 aliphatic rings. The van der Waals surface area contributed by atoms with Gasteiger partial charge in [-0.25, -0.2) is 9.37 Å². The highest BCUT2D eigenvalue weighted by atomic mass is 19.1. The van der Waals surface area contributed by atoms with E-state index in [0.29, 0.717) is 13.1 Å². The zero-order valence-corrected chi connectivity index (χ0v) is 19.9. The summed E-state index contributed by atoms with van der Waals surface area (Å²) in [5.74, 6) is 0.586. The summed E-state index contributed by atoms with van der Waals surface area (Å²) in [6, 6.07) is 28.6. The molecule has 6 heteroatoms. The van der Waals surface area contributed by atoms with Crippen LogP contribution in [0.5, 0.6) is 0 Å². The maximum absolute atomic E-state index is 13.6. The van der Waals surface area contributed by atoms with Gasteiger partial charge in [0.05, 0.1) is 23.5 Å². The van der Waals surface area contributed by atoms with Gasteiger partial charge in [-0.3, -0.25) is 14.3 Å². The molecule has 0 aliphatic carbocycles. The van der Waals surface area contributed by atoms with Gasteiger partial charge in [0.1, 0.15) is 11.6 Å². The van der Waals surface area contributed by atoms with Gasteiger partial charge in [0.2, 0.25) is 5.91 Å². The topological polar surface area (TPSA) is 50.2 Å². The van der Waals surface area contributed by atoms with Gasteiger partial charge in [-0.15, -0.1) is 0 Å². The van der Waals surface area contributed by atoms with Crippen molar-refractivity contribution in [3.8, 4) is 5.69 Å². The molecule has 1 aromatic heterocycles. The molecular formula is C30H27FN4O. The first-order valence-electron chi connectivity index (χ1n) is 12.4. The summed E-state index contributed by atoms with van der Waals surface area (Å²) in [4.78, 5) is 20.5. The Morgan fingerprint density at radius 2 is 1.72 bits per heavy atom. The quantitative estimate of drug-likeness (QED) is 0.329. The second-order valence-electron chi connectivity index (χ2n) is 9.42. The number of carbonyl (C=O) groups excluding carboxylic acids is 1. The summed E-state index contributed by atoms with van der Waals surface area (Å²) in [6.07, 6.45) is 1.81. The first kappa shape index (κ1) is 22.4. The molecule has 1 saturated heterocycles. The van der Waals surface area contributed by atoms with Gasteiger partial charge in [0, 0.05) is 23.3 Å². The number of halogens is 1. The fourth-order valence-electron chi connectivity index (χ4n) is 5.24. The first-order chi connectivity index (χ1) is 17.7. The molecule has 6 rings (SSSR count). The number of nitrogens with zero attached hydrogens (tertiary/aromatic N) is 3. The third-order valence-corrected chi connectivity index (χ3v) is 7.00. The van der Waals surface area contributed by atoms with Gasteiger partial charge >= 0.3 is 0 Å². The summed E-state index contributed by atoms with van der Waals surface area (Å²) in [5, 5.41) is 5.34. The van der Waals surface area contributed by atoms with Crippen LogP contribution in [0.2, 0.25) is 0 Å². The number of piperidine rings is 1. The van der Waals surface area contributed by atoms with Crippen LogP contribution in [0, 0.1) is 11.7 Å². The molecule has 0 unspecified atom stereocenters. The molecule has 0 spiro atoms. The van der Waals surface area contributed by atoms with Gasteiger partial charge in [-0.05, 0) is 67.2 Å². The van der Waals surface area contributed by atoms with Crippen LogP contribution in [-0.4, -0.2) is 33.4 Å². The third kappa shape index (κ3) is 4.36. The van der Waals surface area contributed by atoms with Crippen molar-refractivity contribution < 1.29 is 9.18 Å². The van der Waals surface area contributed by atoms with Crippen molar-refractivity contribution in [1.82, 2.24) is 14.5 Å². The van der Waals surface area contributed by atoms with Crippen LogP contribution in [0.25, 0.3) is 27.5 Å². The molecule has 1 fully saturated rings. The molecule has 1 amide bonds. The van der Waals surface area contributed by atoms with Gasteiger partial charge in [0.25, 0.3) is 0 Å². The minimum Gasteiger partial charge on any atom is -0.325 e. The van der Waals surface area contributed by atoms with Crippen LogP contribution >= 0.6 is 0 Å². The van der Waals surface area contributed by atoms with Crippen molar-refractivity contribution in [3.05, 3.63) is 103 Å². The van der Waals surface area contributed by atoms with Crippen LogP contribution in [0.1, 0.15) is 18.7 Å². The number of carbonyl (C=O) groups is 1. The minimum absolute atomic E-state index is 0.0584. The van der Waals surface area contributed by atoms with Gasteiger partial charge < -0.3 is 5.32 Å². The SMILES string of the molecule is O=C(Nc1cccc2ccccc12)[C@H]1CCCN(Cc2nc3ccccc3n2-c2ccc(F)cc2)C1. The molecule has 5 nitrogen and oxygen atoms in total. The largest absolute Gasteiger partial charge is 0.325 e. The Hall–Kier alpha value is -4.03. The van der Waals surface area contributed by atoms with Crippen molar-refractivity contribution in [2.75, 3.05) is 18.4 Å². The highest BCUT2D eigenvalue weighted by Gasteiger charge is 2.27. The van der Waals surface area contributed by atoms with E-state index in [1.165, 1.54) is 12.1 Å². The number of para-hydroxylation sites is 2. The summed E-state index contributed by atoms with van der Waals surface area (Å²) in [5.41, 5.74) is 3.62. The molecule has 2 heterocycles. The molecule has 0 radical (unpaired) electrons. The number of benzene rings is 4. The maximum atomic E-state index is 13.6. The molecule has 36 heavy (non-hydrogen) atoms. The van der Waals surface area contributed by atoms with Crippen LogP contribution in [0.3, 0.4) is 0 Å². The molecule has 1 atom stereocenters. The molecule has 1 N–H and O–H groups in total. The Bertz CT molecular complexity index is 1540. The number of amides is 1. The van der Waals surface area contributed by atoms with Crippen molar-refractivity contribution in [1.29, 1.82) is 0 Å². The normalized spacial score (nSPS) is 16.4. The first-order valence-corrected chi connectivity index (χ1v) is 12.4. The van der Waals surface area contributed by atoms with Crippen molar-refractivity contribution >= 4 is 33.4 Å². The fraction of sp³-hybridized carbons (Fsp3) is 0.200. The molecule has 0 saturated carbocycles. The smallest absolute Gasteiger partial charge is 0.228 e. The lowest BCUT2D eigenvalue weighted by Gasteiger charge is -2.32. The number of nitrogens with one attached hydrogen (secondary N) is 1. The number of anilines is 1. The van der Waals surface area contributed by atoms with Gasteiger partial charge in [-0.1, -0.05) is 48.5 Å². The number of aromatic nitrogens is 2. The molecular weight excluding hydrogens is 451 g/mol. The van der Waals surface area contributed by atoms with Crippen LogP contribution in [-0.2, 0) is 11.3 Å². The van der Waals surface area contributed by atoms with E-state index in [1.54, 1.807) is 12.1 Å². The van der Waals surface area contributed by atoms with E-state index in [9.17, 15) is 9.18 Å². The van der Waals surface area contributed by atoms with Crippen LogP contribution < -0.4 is 5.32 Å². The Kier molecular flexibility index (Phi) is 5.95. The van der Waals surface area contributed by atoms with E-state index in [-0.39, 0.29) is 17.6 Å². The van der Waals surface area contributed by atoms with Crippen molar-refractivity contribution in [2.24, 2.45) is 5.92 Å². The van der Waals surface area contributed by atoms with E-state index >= 15 is 0 Å². The molecule has 1 aliphatic heterocycles. The number of hydrogen-bond acceptors (Lipinski definition) is 3. The second-order valence-corrected chi connectivity index (χ2v) is 9.42. The predicted molar refractivity (Wildman–Crippen MR) is 142 cm³/mol. The lowest BCUT2D eigenvalue weighted by Crippen LogP contribution is -2.40. The van der Waals surface area contributed by atoms with E-state index in [2.05, 4.69) is 26.9 Å². The van der Waals surface area contributed by atoms with E-state index in [4.69, 9.17) is 4.98 Å². The standard InChI is InChI=1S/C30H27FN4O/c31-23-14-16-24(17-15-23)35-28-13-4-3-11-27(28)32-29(35)20-34-18-6-9-22(19-34)30(36)33-26-12-5-8-21-7-1-2-10-25(21)26/h1-5,7-8,10-17,22H,6,9,18-20H2,(H,33,36)/t22-/m0/s1. The average Bonchev–Trinajstić information content (AvgIpc) is 3.27. The zero-order valence-electron chi connectivity index (χ0n) is 19.9. The number of rotatable bonds is 5. The zero-order chi connectivity index (χ0) is 24.5. The number of likely N-dealkylation sites (tertiary alicyclic amines) is 1. The summed E-state index contributed by atoms with van der Waals surface area (Å²) < 4.78 is 15.7. The van der Waals surface area contributed by atoms with E-state index < -0.39 is 0 Å². The maximum Gasteiger partial charge on any atom is 0.228 e. The molecule has 180 valence electrons. The van der Waals surface area contributed by atoms with E-state index in [1.807, 2.05) is 54.6 Å². The number of fused-ring (bicyclic) bond motifs is 2. The Morgan fingerprint density at radius 3 is 2.61 bits per heavy atom. The lowest BCUT2D eigenvalue weighted by molar-refractivity contribution is -0.121. The Labute approximate surface area is 209 Å². The van der Waals surface area contributed by atoms with Gasteiger partial charge in [0.15, 0.2) is 0 Å². The Balaban J connectivity index is 1.23. The summed E-state index contributed by atoms with van der Waals surface area (Å²) >= 11 is 0. The highest BCUT2D eigenvalue weighted by molar-refractivity contribution is 6.02. The average molecular weight is 479 g/mol. The van der Waals surface area contributed by atoms with Crippen molar-refractivity contribution in [3.63, 3.8) is 0 Å². The lowest BCUT2D eigenvalue weighted by atomic mass is 9.96. The predicted octanol–water partition coefficient (Wildman–Crippen LogP) is 6.17. The second kappa shape index (κ2) is 9.55. The molecule has 5 aromatic rings. The van der Waals surface area contributed by atoms with Gasteiger partial charge in [-0.2, -0.15) is 0 Å². The van der Waals surface area contributed by atoms with Crippen molar-refractivity contribution in [2.45, 2.75) is 19.4 Å². The highest BCUT2D eigenvalue weighted by Crippen LogP contribution is 2.27. The minimum atomic E-state index is -0.263. The fourth-order valence-corrected chi connectivity index (χ4v) is 5.24. The summed E-state index contributed by atoms with van der Waals surface area (Å²) in [7, 11) is 0. The van der Waals surface area contributed by atoms with E-state index in [0.717, 1.165) is 58.4 Å². The van der Waals surface area contributed by atoms with Crippen LogP contribution in [0.4, 0.5) is 10.1 Å². The number of hydrogen-bond donors (Lipinski definition) is 1. The molecule has 0 bridgehead atoms. The van der Waals surface area contributed by atoms with Crippen LogP contribution in [0.15, 0.2) is 91.0 Å². The Morgan fingerprint density at radius 1 is 0.944 bits per heavy atom. The number of imidazole rings is 1. The molecule has 4 aromatic carbocycles. The monoisotopic (exact) mass is 478 g/mol. The third-order valence-electron chi connectivity index (χ3n) is 7.00.